The maximum Gasteiger partial charge on any atom is 0.244 e. The molecule has 1 aromatic heterocycles. The van der Waals surface area contributed by atoms with E-state index in [2.05, 4.69) is 9.82 Å². The van der Waals surface area contributed by atoms with Crippen molar-refractivity contribution in [3.63, 3.8) is 0 Å². The van der Waals surface area contributed by atoms with E-state index in [0.29, 0.717) is 11.4 Å². The van der Waals surface area contributed by atoms with Gasteiger partial charge in [-0.3, -0.25) is 10.1 Å². The standard InChI is InChI=1S/C8H15N5O2S/c1-5-8(6(2)13(3)12-5)16(14,15)11-4-7(9)10/h11H,4H2,1-3H3,(H3,9,10). The number of aromatic nitrogens is 2. The molecule has 8 heteroatoms. The Labute approximate surface area is 94.2 Å². The lowest BCUT2D eigenvalue weighted by molar-refractivity contribution is 0.584. The minimum Gasteiger partial charge on any atom is -0.387 e. The molecule has 0 fully saturated rings. The van der Waals surface area contributed by atoms with Gasteiger partial charge >= 0.3 is 0 Å². The summed E-state index contributed by atoms with van der Waals surface area (Å²) in [4.78, 5) is 0.149. The first kappa shape index (κ1) is 12.7. The summed E-state index contributed by atoms with van der Waals surface area (Å²) in [6, 6.07) is 0. The Hall–Kier alpha value is -1.41. The van der Waals surface area contributed by atoms with Gasteiger partial charge in [0, 0.05) is 7.05 Å². The monoisotopic (exact) mass is 245 g/mol. The van der Waals surface area contributed by atoms with Gasteiger partial charge in [-0.2, -0.15) is 5.10 Å². The van der Waals surface area contributed by atoms with Gasteiger partial charge in [-0.25, -0.2) is 13.1 Å². The summed E-state index contributed by atoms with van der Waals surface area (Å²) in [6.45, 7) is 3.09. The third-order valence-corrected chi connectivity index (χ3v) is 3.82. The van der Waals surface area contributed by atoms with Crippen LogP contribution in [0.1, 0.15) is 11.4 Å². The van der Waals surface area contributed by atoms with Gasteiger partial charge in [-0.05, 0) is 13.8 Å². The maximum absolute atomic E-state index is 11.9. The molecule has 90 valence electrons. The van der Waals surface area contributed by atoms with Crippen LogP contribution in [-0.4, -0.2) is 30.6 Å². The van der Waals surface area contributed by atoms with Crippen molar-refractivity contribution in [2.24, 2.45) is 12.8 Å². The molecule has 0 spiro atoms. The summed E-state index contributed by atoms with van der Waals surface area (Å²) >= 11 is 0. The molecule has 0 unspecified atom stereocenters. The Morgan fingerprint density at radius 2 is 2.12 bits per heavy atom. The van der Waals surface area contributed by atoms with Gasteiger partial charge in [-0.1, -0.05) is 0 Å². The van der Waals surface area contributed by atoms with Gasteiger partial charge in [-0.15, -0.1) is 0 Å². The van der Waals surface area contributed by atoms with Crippen LogP contribution in [0, 0.1) is 19.3 Å². The molecule has 0 aromatic carbocycles. The fourth-order valence-corrected chi connectivity index (χ4v) is 2.83. The maximum atomic E-state index is 11.9. The largest absolute Gasteiger partial charge is 0.387 e. The second kappa shape index (κ2) is 4.22. The van der Waals surface area contributed by atoms with Crippen LogP contribution in [0.5, 0.6) is 0 Å². The molecule has 7 nitrogen and oxygen atoms in total. The third kappa shape index (κ3) is 2.39. The van der Waals surface area contributed by atoms with Crippen LogP contribution in [0.4, 0.5) is 0 Å². The Morgan fingerprint density at radius 3 is 2.50 bits per heavy atom. The molecule has 1 heterocycles. The summed E-state index contributed by atoms with van der Waals surface area (Å²) in [7, 11) is -1.98. The quantitative estimate of drug-likeness (QED) is 0.478. The first-order valence-corrected chi connectivity index (χ1v) is 6.06. The van der Waals surface area contributed by atoms with E-state index in [1.165, 1.54) is 4.68 Å². The lowest BCUT2D eigenvalue weighted by atomic mass is 10.4. The lowest BCUT2D eigenvalue weighted by Gasteiger charge is -2.05. The number of hydrogen-bond donors (Lipinski definition) is 3. The molecule has 4 N–H and O–H groups in total. The second-order valence-corrected chi connectivity index (χ2v) is 5.18. The SMILES string of the molecule is Cc1nn(C)c(C)c1S(=O)(=O)NCC(=N)N. The molecule has 1 aromatic rings. The van der Waals surface area contributed by atoms with Crippen molar-refractivity contribution in [3.8, 4) is 0 Å². The van der Waals surface area contributed by atoms with E-state index in [0.717, 1.165) is 0 Å². The molecule has 0 radical (unpaired) electrons. The van der Waals surface area contributed by atoms with Gasteiger partial charge in [0.05, 0.1) is 17.9 Å². The number of hydrogen-bond acceptors (Lipinski definition) is 4. The molecule has 0 aliphatic carbocycles. The minimum atomic E-state index is -3.65. The Bertz CT molecular complexity index is 517. The summed E-state index contributed by atoms with van der Waals surface area (Å²) in [5.41, 5.74) is 6.07. The molecule has 1 rings (SSSR count). The third-order valence-electron chi connectivity index (χ3n) is 2.16. The molecule has 0 aliphatic rings. The van der Waals surface area contributed by atoms with E-state index in [1.807, 2.05) is 0 Å². The zero-order valence-corrected chi connectivity index (χ0v) is 10.2. The number of sulfonamides is 1. The predicted molar refractivity (Wildman–Crippen MR) is 59.8 cm³/mol. The number of amidine groups is 1. The Balaban J connectivity index is 3.12. The predicted octanol–water partition coefficient (Wildman–Crippen LogP) is -0.749. The molecule has 0 saturated heterocycles. The highest BCUT2D eigenvalue weighted by Crippen LogP contribution is 2.17. The highest BCUT2D eigenvalue weighted by atomic mass is 32.2. The van der Waals surface area contributed by atoms with Crippen molar-refractivity contribution in [3.05, 3.63) is 11.4 Å². The Kier molecular flexibility index (Phi) is 3.34. The molecule has 0 atom stereocenters. The Morgan fingerprint density at radius 1 is 1.56 bits per heavy atom. The number of nitrogens with one attached hydrogen (secondary N) is 2. The van der Waals surface area contributed by atoms with Gasteiger partial charge in [0.25, 0.3) is 0 Å². The zero-order valence-electron chi connectivity index (χ0n) is 9.40. The highest BCUT2D eigenvalue weighted by molar-refractivity contribution is 7.89. The number of nitrogens with zero attached hydrogens (tertiary/aromatic N) is 2. The van der Waals surface area contributed by atoms with Crippen LogP contribution in [0.25, 0.3) is 0 Å². The van der Waals surface area contributed by atoms with Crippen molar-refractivity contribution in [2.45, 2.75) is 18.7 Å². The molecule has 0 bridgehead atoms. The molecule has 0 aliphatic heterocycles. The van der Waals surface area contributed by atoms with Crippen LogP contribution in [-0.2, 0) is 17.1 Å². The molecular formula is C8H15N5O2S. The van der Waals surface area contributed by atoms with Crippen LogP contribution in [0.15, 0.2) is 4.90 Å². The van der Waals surface area contributed by atoms with Crippen LogP contribution in [0.2, 0.25) is 0 Å². The summed E-state index contributed by atoms with van der Waals surface area (Å²) < 4.78 is 27.5. The fraction of sp³-hybridized carbons (Fsp3) is 0.500. The highest BCUT2D eigenvalue weighted by Gasteiger charge is 2.23. The second-order valence-electron chi connectivity index (χ2n) is 3.47. The van der Waals surface area contributed by atoms with Crippen LogP contribution in [0.3, 0.4) is 0 Å². The molecular weight excluding hydrogens is 230 g/mol. The number of rotatable bonds is 4. The minimum absolute atomic E-state index is 0.149. The lowest BCUT2D eigenvalue weighted by Crippen LogP contribution is -2.33. The van der Waals surface area contributed by atoms with Crippen molar-refractivity contribution >= 4 is 15.9 Å². The van der Waals surface area contributed by atoms with Gasteiger partial charge in [0.2, 0.25) is 10.0 Å². The van der Waals surface area contributed by atoms with Crippen molar-refractivity contribution < 1.29 is 8.42 Å². The van der Waals surface area contributed by atoms with Crippen LogP contribution >= 0.6 is 0 Å². The van der Waals surface area contributed by atoms with E-state index in [9.17, 15) is 8.42 Å². The van der Waals surface area contributed by atoms with Gasteiger partial charge in [0.1, 0.15) is 10.7 Å². The topological polar surface area (TPSA) is 114 Å². The van der Waals surface area contributed by atoms with E-state index >= 15 is 0 Å². The first-order chi connectivity index (χ1) is 7.25. The summed E-state index contributed by atoms with van der Waals surface area (Å²) in [6.07, 6.45) is 0. The summed E-state index contributed by atoms with van der Waals surface area (Å²) in [5.74, 6) is -0.234. The molecule has 0 amide bonds. The zero-order chi connectivity index (χ0) is 12.5. The van der Waals surface area contributed by atoms with E-state index < -0.39 is 10.0 Å². The van der Waals surface area contributed by atoms with E-state index in [4.69, 9.17) is 11.1 Å². The molecule has 16 heavy (non-hydrogen) atoms. The smallest absolute Gasteiger partial charge is 0.244 e. The summed E-state index contributed by atoms with van der Waals surface area (Å²) in [5, 5.41) is 11.0. The number of nitrogens with two attached hydrogens (primary N) is 1. The van der Waals surface area contributed by atoms with E-state index in [1.54, 1.807) is 20.9 Å². The van der Waals surface area contributed by atoms with Crippen molar-refractivity contribution in [2.75, 3.05) is 6.54 Å². The normalized spacial score (nSPS) is 11.7. The van der Waals surface area contributed by atoms with Crippen molar-refractivity contribution in [1.82, 2.24) is 14.5 Å². The van der Waals surface area contributed by atoms with E-state index in [-0.39, 0.29) is 17.3 Å². The fourth-order valence-electron chi connectivity index (χ4n) is 1.39. The molecule has 0 saturated carbocycles. The average molecular weight is 245 g/mol. The number of aryl methyl sites for hydroxylation is 2. The first-order valence-electron chi connectivity index (χ1n) is 4.58. The van der Waals surface area contributed by atoms with Gasteiger partial charge in [0.15, 0.2) is 0 Å². The van der Waals surface area contributed by atoms with Gasteiger partial charge < -0.3 is 5.73 Å². The van der Waals surface area contributed by atoms with Crippen molar-refractivity contribution in [1.29, 1.82) is 5.41 Å². The van der Waals surface area contributed by atoms with Crippen LogP contribution < -0.4 is 10.5 Å². The average Bonchev–Trinajstić information content (AvgIpc) is 2.38.